The molecule has 2 rings (SSSR count). The van der Waals surface area contributed by atoms with Gasteiger partial charge in [-0.1, -0.05) is 20.8 Å². The van der Waals surface area contributed by atoms with Crippen LogP contribution in [0.25, 0.3) is 0 Å². The fourth-order valence-electron chi connectivity index (χ4n) is 3.11. The van der Waals surface area contributed by atoms with Crippen LogP contribution in [0.3, 0.4) is 0 Å². The zero-order chi connectivity index (χ0) is 22.0. The highest BCUT2D eigenvalue weighted by molar-refractivity contribution is 6.74. The number of rotatable bonds is 4. The Hall–Kier alpha value is -1.64. The first-order chi connectivity index (χ1) is 13.2. The summed E-state index contributed by atoms with van der Waals surface area (Å²) < 4.78 is 12.5. The number of amides is 1. The van der Waals surface area contributed by atoms with E-state index in [1.54, 1.807) is 23.4 Å². The molecule has 2 heterocycles. The van der Waals surface area contributed by atoms with Crippen LogP contribution < -0.4 is 16.0 Å². The molecule has 1 amide bonds. The van der Waals surface area contributed by atoms with E-state index in [1.807, 2.05) is 20.8 Å². The number of carbonyl (C=O) groups is 1. The summed E-state index contributed by atoms with van der Waals surface area (Å²) in [4.78, 5) is 19.0. The van der Waals surface area contributed by atoms with Crippen LogP contribution in [0.15, 0.2) is 18.5 Å². The highest BCUT2D eigenvalue weighted by atomic mass is 28.4. The van der Waals surface area contributed by atoms with E-state index in [4.69, 9.17) is 14.9 Å². The minimum atomic E-state index is -2.03. The third-order valence-corrected chi connectivity index (χ3v) is 10.2. The Bertz CT molecular complexity index is 713. The summed E-state index contributed by atoms with van der Waals surface area (Å²) in [5, 5.41) is 3.48. The first-order valence-corrected chi connectivity index (χ1v) is 13.2. The van der Waals surface area contributed by atoms with Gasteiger partial charge < -0.3 is 20.2 Å². The Morgan fingerprint density at radius 1 is 1.28 bits per heavy atom. The molecule has 0 bridgehead atoms. The maximum atomic E-state index is 13.3. The SMILES string of the molecule is CC(C)(C)OC(=O)N(c1ccncc1N)[C@@H]1CNCC[C@H]1O[Si](C)(C)C(C)(C)C. The third-order valence-electron chi connectivity index (χ3n) is 5.65. The number of anilines is 2. The molecule has 0 aromatic carbocycles. The van der Waals surface area contributed by atoms with Crippen molar-refractivity contribution < 1.29 is 14.0 Å². The smallest absolute Gasteiger partial charge is 0.415 e. The van der Waals surface area contributed by atoms with E-state index in [0.29, 0.717) is 17.9 Å². The van der Waals surface area contributed by atoms with Crippen LogP contribution in [0.5, 0.6) is 0 Å². The molecule has 1 aliphatic rings. The Morgan fingerprint density at radius 3 is 2.48 bits per heavy atom. The van der Waals surface area contributed by atoms with Crippen molar-refractivity contribution in [2.75, 3.05) is 23.7 Å². The molecule has 0 saturated carbocycles. The van der Waals surface area contributed by atoms with Gasteiger partial charge in [0.05, 0.1) is 29.7 Å². The number of nitrogens with two attached hydrogens (primary N) is 1. The van der Waals surface area contributed by atoms with Gasteiger partial charge in [0, 0.05) is 12.7 Å². The summed E-state index contributed by atoms with van der Waals surface area (Å²) >= 11 is 0. The van der Waals surface area contributed by atoms with Gasteiger partial charge in [-0.15, -0.1) is 0 Å². The van der Waals surface area contributed by atoms with Crippen LogP contribution in [0, 0.1) is 0 Å². The molecule has 0 aliphatic carbocycles. The summed E-state index contributed by atoms with van der Waals surface area (Å²) in [5.74, 6) is 0. The van der Waals surface area contributed by atoms with Crippen molar-refractivity contribution in [2.24, 2.45) is 0 Å². The lowest BCUT2D eigenvalue weighted by molar-refractivity contribution is 0.0494. The van der Waals surface area contributed by atoms with Crippen LogP contribution in [0.1, 0.15) is 48.0 Å². The zero-order valence-electron chi connectivity index (χ0n) is 19.2. The van der Waals surface area contributed by atoms with Crippen molar-refractivity contribution in [3.05, 3.63) is 18.5 Å². The van der Waals surface area contributed by atoms with Gasteiger partial charge in [-0.05, 0) is 57.9 Å². The second-order valence-corrected chi connectivity index (χ2v) is 15.0. The minimum absolute atomic E-state index is 0.0782. The number of pyridine rings is 1. The molecule has 164 valence electrons. The van der Waals surface area contributed by atoms with E-state index in [-0.39, 0.29) is 17.2 Å². The molecule has 1 aromatic rings. The summed E-state index contributed by atoms with van der Waals surface area (Å²) in [6.45, 7) is 18.2. The van der Waals surface area contributed by atoms with Crippen molar-refractivity contribution in [1.29, 1.82) is 0 Å². The fraction of sp³-hybridized carbons (Fsp3) is 0.714. The Labute approximate surface area is 176 Å². The van der Waals surface area contributed by atoms with Gasteiger partial charge in [-0.25, -0.2) is 4.79 Å². The number of ether oxygens (including phenoxy) is 1. The predicted octanol–water partition coefficient (Wildman–Crippen LogP) is 4.16. The van der Waals surface area contributed by atoms with Crippen LogP contribution >= 0.6 is 0 Å². The van der Waals surface area contributed by atoms with Gasteiger partial charge in [0.1, 0.15) is 5.60 Å². The number of nitrogens with zero attached hydrogens (tertiary/aromatic N) is 2. The summed E-state index contributed by atoms with van der Waals surface area (Å²) in [5.41, 5.74) is 6.63. The molecule has 1 saturated heterocycles. The number of carbonyl (C=O) groups excluding carboxylic acids is 1. The zero-order valence-corrected chi connectivity index (χ0v) is 20.2. The van der Waals surface area contributed by atoms with Gasteiger partial charge in [0.15, 0.2) is 8.32 Å². The topological polar surface area (TPSA) is 89.7 Å². The quantitative estimate of drug-likeness (QED) is 0.708. The maximum Gasteiger partial charge on any atom is 0.415 e. The molecular formula is C21H38N4O3Si. The predicted molar refractivity (Wildman–Crippen MR) is 121 cm³/mol. The van der Waals surface area contributed by atoms with Gasteiger partial charge >= 0.3 is 6.09 Å². The normalized spacial score (nSPS) is 21.0. The lowest BCUT2D eigenvalue weighted by Crippen LogP contribution is -2.60. The summed E-state index contributed by atoms with van der Waals surface area (Å²) in [6.07, 6.45) is 3.50. The molecule has 1 fully saturated rings. The van der Waals surface area contributed by atoms with E-state index in [0.717, 1.165) is 13.0 Å². The number of nitrogens with one attached hydrogen (secondary N) is 1. The van der Waals surface area contributed by atoms with Crippen LogP contribution in [-0.2, 0) is 9.16 Å². The van der Waals surface area contributed by atoms with Gasteiger partial charge in [-0.2, -0.15) is 0 Å². The number of hydrogen-bond acceptors (Lipinski definition) is 6. The van der Waals surface area contributed by atoms with Crippen molar-refractivity contribution in [3.63, 3.8) is 0 Å². The average molecular weight is 423 g/mol. The molecule has 8 heteroatoms. The molecule has 0 unspecified atom stereocenters. The standard InChI is InChI=1S/C21H38N4O3Si/c1-20(2,3)27-19(26)25(16-9-11-23-13-15(16)22)17-14-24-12-10-18(17)28-29(7,8)21(4,5)6/h9,11,13,17-18,24H,10,12,14,22H2,1-8H3/t17-,18-/m1/s1. The van der Waals surface area contributed by atoms with Crippen molar-refractivity contribution in [3.8, 4) is 0 Å². The highest BCUT2D eigenvalue weighted by Gasteiger charge is 2.44. The van der Waals surface area contributed by atoms with E-state index in [1.165, 1.54) is 0 Å². The second-order valence-electron chi connectivity index (χ2n) is 10.3. The van der Waals surface area contributed by atoms with Crippen molar-refractivity contribution in [2.45, 2.75) is 83.8 Å². The number of aromatic nitrogens is 1. The fourth-order valence-corrected chi connectivity index (χ4v) is 4.50. The Morgan fingerprint density at radius 2 is 1.93 bits per heavy atom. The number of piperidine rings is 1. The second kappa shape index (κ2) is 8.61. The highest BCUT2D eigenvalue weighted by Crippen LogP contribution is 2.39. The summed E-state index contributed by atoms with van der Waals surface area (Å²) in [6, 6.07) is 1.54. The molecule has 2 atom stereocenters. The molecule has 3 N–H and O–H groups in total. The van der Waals surface area contributed by atoms with Crippen molar-refractivity contribution in [1.82, 2.24) is 10.3 Å². The molecule has 29 heavy (non-hydrogen) atoms. The lowest BCUT2D eigenvalue weighted by Gasteiger charge is -2.46. The van der Waals surface area contributed by atoms with Crippen LogP contribution in [0.2, 0.25) is 18.1 Å². The van der Waals surface area contributed by atoms with Gasteiger partial charge in [-0.3, -0.25) is 9.88 Å². The van der Waals surface area contributed by atoms with E-state index >= 15 is 0 Å². The number of hydrogen-bond donors (Lipinski definition) is 2. The maximum absolute atomic E-state index is 13.3. The molecule has 0 radical (unpaired) electrons. The van der Waals surface area contributed by atoms with Gasteiger partial charge in [0.2, 0.25) is 0 Å². The Kier molecular flexibility index (Phi) is 7.02. The lowest BCUT2D eigenvalue weighted by atomic mass is 10.0. The van der Waals surface area contributed by atoms with Crippen LogP contribution in [-0.4, -0.2) is 50.2 Å². The van der Waals surface area contributed by atoms with E-state index in [2.05, 4.69) is 44.2 Å². The molecular weight excluding hydrogens is 384 g/mol. The monoisotopic (exact) mass is 422 g/mol. The van der Waals surface area contributed by atoms with Gasteiger partial charge in [0.25, 0.3) is 0 Å². The Balaban J connectivity index is 2.44. The first-order valence-electron chi connectivity index (χ1n) is 10.3. The average Bonchev–Trinajstić information content (AvgIpc) is 2.55. The molecule has 1 aromatic heterocycles. The van der Waals surface area contributed by atoms with Crippen LogP contribution in [0.4, 0.5) is 16.2 Å². The minimum Gasteiger partial charge on any atom is -0.443 e. The molecule has 1 aliphatic heterocycles. The van der Waals surface area contributed by atoms with Crippen molar-refractivity contribution >= 4 is 25.8 Å². The molecule has 7 nitrogen and oxygen atoms in total. The first kappa shape index (κ1) is 23.6. The summed E-state index contributed by atoms with van der Waals surface area (Å²) in [7, 11) is -2.03. The number of nitrogen functional groups attached to an aromatic ring is 1. The largest absolute Gasteiger partial charge is 0.443 e. The van der Waals surface area contributed by atoms with E-state index < -0.39 is 20.0 Å². The molecule has 0 spiro atoms. The third kappa shape index (κ3) is 5.93. The van der Waals surface area contributed by atoms with E-state index in [9.17, 15) is 4.79 Å².